The molecule has 0 radical (unpaired) electrons. The Morgan fingerprint density at radius 2 is 1.95 bits per heavy atom. The van der Waals surface area contributed by atoms with Crippen molar-refractivity contribution in [1.82, 2.24) is 9.99 Å². The summed E-state index contributed by atoms with van der Waals surface area (Å²) in [6, 6.07) is 11.0. The number of amides is 2. The van der Waals surface area contributed by atoms with E-state index in [4.69, 9.17) is 5.73 Å². The summed E-state index contributed by atoms with van der Waals surface area (Å²) in [5.41, 5.74) is 12.1. The molecular formula is C15H18N4O. The molecule has 0 fully saturated rings. The molecule has 0 aliphatic heterocycles. The van der Waals surface area contributed by atoms with Crippen LogP contribution in [0.4, 0.5) is 10.5 Å². The monoisotopic (exact) mass is 270 g/mol. The van der Waals surface area contributed by atoms with Crippen LogP contribution in [0.1, 0.15) is 16.8 Å². The van der Waals surface area contributed by atoms with E-state index in [2.05, 4.69) is 10.4 Å². The summed E-state index contributed by atoms with van der Waals surface area (Å²) in [5.74, 6) is 0. The molecule has 2 aromatic rings. The van der Waals surface area contributed by atoms with Gasteiger partial charge in [0, 0.05) is 6.20 Å². The van der Waals surface area contributed by atoms with Gasteiger partial charge in [0.15, 0.2) is 0 Å². The Kier molecular flexibility index (Phi) is 4.20. The molecule has 3 N–H and O–H groups in total. The van der Waals surface area contributed by atoms with Crippen LogP contribution in [0.25, 0.3) is 0 Å². The Balaban J connectivity index is 2.20. The number of primary amides is 1. The molecule has 0 unspecified atom stereocenters. The zero-order valence-electron chi connectivity index (χ0n) is 11.6. The minimum absolute atomic E-state index is 0.393. The molecule has 1 aromatic carbocycles. The van der Waals surface area contributed by atoms with Crippen LogP contribution in [-0.2, 0) is 6.54 Å². The first kappa shape index (κ1) is 13.9. The van der Waals surface area contributed by atoms with Gasteiger partial charge in [0.05, 0.1) is 17.9 Å². The maximum Gasteiger partial charge on any atom is 0.333 e. The summed E-state index contributed by atoms with van der Waals surface area (Å²) in [5, 5.41) is 1.38. The molecule has 0 saturated carbocycles. The molecule has 0 atom stereocenters. The van der Waals surface area contributed by atoms with Crippen molar-refractivity contribution < 1.29 is 4.79 Å². The highest BCUT2D eigenvalue weighted by Gasteiger charge is 2.13. The summed E-state index contributed by atoms with van der Waals surface area (Å²) in [4.78, 5) is 15.8. The van der Waals surface area contributed by atoms with Crippen molar-refractivity contribution in [2.75, 3.05) is 5.43 Å². The van der Waals surface area contributed by atoms with Crippen molar-refractivity contribution in [3.63, 3.8) is 0 Å². The number of carbonyl (C=O) groups is 1. The molecule has 0 spiro atoms. The zero-order valence-corrected chi connectivity index (χ0v) is 11.6. The van der Waals surface area contributed by atoms with Crippen molar-refractivity contribution in [2.24, 2.45) is 5.73 Å². The first-order chi connectivity index (χ1) is 9.58. The number of pyridine rings is 1. The van der Waals surface area contributed by atoms with E-state index in [0.717, 1.165) is 22.5 Å². The van der Waals surface area contributed by atoms with Crippen molar-refractivity contribution >= 4 is 11.7 Å². The molecule has 5 nitrogen and oxygen atoms in total. The lowest BCUT2D eigenvalue weighted by Gasteiger charge is -2.24. The SMILES string of the molecule is Cc1ccnc(C)c1NN(Cc1ccccc1)C(N)=O. The number of hydrazine groups is 1. The number of nitrogens with two attached hydrogens (primary N) is 1. The van der Waals surface area contributed by atoms with Gasteiger partial charge in [-0.3, -0.25) is 10.4 Å². The predicted octanol–water partition coefficient (Wildman–Crippen LogP) is 2.61. The Hall–Kier alpha value is -2.56. The lowest BCUT2D eigenvalue weighted by Crippen LogP contribution is -2.40. The molecule has 0 aliphatic carbocycles. The van der Waals surface area contributed by atoms with Crippen LogP contribution in [0.2, 0.25) is 0 Å². The van der Waals surface area contributed by atoms with E-state index in [0.29, 0.717) is 6.54 Å². The van der Waals surface area contributed by atoms with Gasteiger partial charge in [0.1, 0.15) is 0 Å². The van der Waals surface area contributed by atoms with Gasteiger partial charge in [-0.2, -0.15) is 0 Å². The Labute approximate surface area is 118 Å². The molecule has 0 saturated heterocycles. The number of nitrogens with zero attached hydrogens (tertiary/aromatic N) is 2. The van der Waals surface area contributed by atoms with Gasteiger partial charge in [-0.25, -0.2) is 9.80 Å². The Morgan fingerprint density at radius 3 is 2.55 bits per heavy atom. The van der Waals surface area contributed by atoms with E-state index < -0.39 is 6.03 Å². The minimum atomic E-state index is -0.531. The summed E-state index contributed by atoms with van der Waals surface area (Å²) in [7, 11) is 0. The van der Waals surface area contributed by atoms with Crippen LogP contribution < -0.4 is 11.2 Å². The summed E-state index contributed by atoms with van der Waals surface area (Å²) in [6.07, 6.45) is 1.74. The molecule has 5 heteroatoms. The van der Waals surface area contributed by atoms with Gasteiger partial charge in [0.25, 0.3) is 0 Å². The molecule has 0 aliphatic rings. The Morgan fingerprint density at radius 1 is 1.25 bits per heavy atom. The zero-order chi connectivity index (χ0) is 14.5. The van der Waals surface area contributed by atoms with Gasteiger partial charge in [-0.15, -0.1) is 0 Å². The third kappa shape index (κ3) is 3.26. The molecular weight excluding hydrogens is 252 g/mol. The molecule has 2 rings (SSSR count). The highest BCUT2D eigenvalue weighted by molar-refractivity contribution is 5.74. The van der Waals surface area contributed by atoms with E-state index in [-0.39, 0.29) is 0 Å². The number of urea groups is 1. The van der Waals surface area contributed by atoms with Crippen LogP contribution in [0, 0.1) is 13.8 Å². The smallest absolute Gasteiger partial charge is 0.333 e. The summed E-state index contributed by atoms with van der Waals surface area (Å²) < 4.78 is 0. The first-order valence-corrected chi connectivity index (χ1v) is 6.37. The fourth-order valence-corrected chi connectivity index (χ4v) is 1.94. The second-order valence-corrected chi connectivity index (χ2v) is 4.61. The predicted molar refractivity (Wildman–Crippen MR) is 78.9 cm³/mol. The Bertz CT molecular complexity index is 578. The summed E-state index contributed by atoms with van der Waals surface area (Å²) in [6.45, 7) is 4.24. The number of hydrogen-bond acceptors (Lipinski definition) is 3. The molecule has 20 heavy (non-hydrogen) atoms. The normalized spacial score (nSPS) is 10.1. The van der Waals surface area contributed by atoms with E-state index >= 15 is 0 Å². The molecule has 0 bridgehead atoms. The number of rotatable bonds is 4. The third-order valence-corrected chi connectivity index (χ3v) is 3.05. The van der Waals surface area contributed by atoms with E-state index in [1.54, 1.807) is 6.20 Å². The number of anilines is 1. The summed E-state index contributed by atoms with van der Waals surface area (Å²) >= 11 is 0. The first-order valence-electron chi connectivity index (χ1n) is 6.37. The van der Waals surface area contributed by atoms with Crippen LogP contribution in [-0.4, -0.2) is 16.0 Å². The van der Waals surface area contributed by atoms with Crippen molar-refractivity contribution in [1.29, 1.82) is 0 Å². The highest BCUT2D eigenvalue weighted by atomic mass is 16.2. The van der Waals surface area contributed by atoms with Gasteiger partial charge < -0.3 is 5.73 Å². The van der Waals surface area contributed by atoms with Crippen molar-refractivity contribution in [2.45, 2.75) is 20.4 Å². The molecule has 1 heterocycles. The van der Waals surface area contributed by atoms with Gasteiger partial charge in [-0.05, 0) is 31.0 Å². The largest absolute Gasteiger partial charge is 0.350 e. The van der Waals surface area contributed by atoms with Crippen molar-refractivity contribution in [3.8, 4) is 0 Å². The third-order valence-electron chi connectivity index (χ3n) is 3.05. The van der Waals surface area contributed by atoms with Crippen LogP contribution in [0.5, 0.6) is 0 Å². The molecule has 1 aromatic heterocycles. The number of aryl methyl sites for hydroxylation is 2. The van der Waals surface area contributed by atoms with Crippen LogP contribution in [0.15, 0.2) is 42.6 Å². The van der Waals surface area contributed by atoms with E-state index in [9.17, 15) is 4.79 Å². The maximum atomic E-state index is 11.6. The lowest BCUT2D eigenvalue weighted by molar-refractivity contribution is 0.216. The van der Waals surface area contributed by atoms with E-state index in [1.165, 1.54) is 5.01 Å². The van der Waals surface area contributed by atoms with Crippen molar-refractivity contribution in [3.05, 3.63) is 59.4 Å². The average Bonchev–Trinajstić information content (AvgIpc) is 2.42. The fraction of sp³-hybridized carbons (Fsp3) is 0.200. The van der Waals surface area contributed by atoms with Gasteiger partial charge >= 0.3 is 6.03 Å². The second-order valence-electron chi connectivity index (χ2n) is 4.61. The van der Waals surface area contributed by atoms with Gasteiger partial charge in [-0.1, -0.05) is 30.3 Å². The lowest BCUT2D eigenvalue weighted by atomic mass is 10.2. The van der Waals surface area contributed by atoms with Crippen LogP contribution in [0.3, 0.4) is 0 Å². The fourth-order valence-electron chi connectivity index (χ4n) is 1.94. The second kappa shape index (κ2) is 6.06. The van der Waals surface area contributed by atoms with E-state index in [1.807, 2.05) is 50.2 Å². The minimum Gasteiger partial charge on any atom is -0.350 e. The number of aromatic nitrogens is 1. The highest BCUT2D eigenvalue weighted by Crippen LogP contribution is 2.18. The number of nitrogens with one attached hydrogen (secondary N) is 1. The molecule has 104 valence electrons. The standard InChI is InChI=1S/C15H18N4O/c1-11-8-9-17-12(2)14(11)18-19(15(16)20)10-13-6-4-3-5-7-13/h3-9,18H,10H2,1-2H3,(H2,16,20). The number of carbonyl (C=O) groups excluding carboxylic acids is 1. The number of benzene rings is 1. The number of hydrogen-bond donors (Lipinski definition) is 2. The average molecular weight is 270 g/mol. The van der Waals surface area contributed by atoms with Crippen LogP contribution >= 0.6 is 0 Å². The quantitative estimate of drug-likeness (QED) is 0.839. The van der Waals surface area contributed by atoms with Gasteiger partial charge in [0.2, 0.25) is 0 Å². The maximum absolute atomic E-state index is 11.6. The molecule has 2 amide bonds. The topological polar surface area (TPSA) is 71.2 Å².